The first-order valence-electron chi connectivity index (χ1n) is 14.9. The van der Waals surface area contributed by atoms with Crippen LogP contribution in [0.1, 0.15) is 0 Å². The van der Waals surface area contributed by atoms with Crippen molar-refractivity contribution in [2.24, 2.45) is 0 Å². The highest BCUT2D eigenvalue weighted by Crippen LogP contribution is 2.41. The van der Waals surface area contributed by atoms with Gasteiger partial charge < -0.3 is 4.42 Å². The van der Waals surface area contributed by atoms with E-state index in [1.54, 1.807) is 0 Å². The second-order valence-corrected chi connectivity index (χ2v) is 11.1. The van der Waals surface area contributed by atoms with Crippen molar-refractivity contribution in [1.29, 1.82) is 0 Å². The molecule has 0 amide bonds. The van der Waals surface area contributed by atoms with Crippen LogP contribution in [0.15, 0.2) is 150 Å². The minimum Gasteiger partial charge on any atom is -0.456 e. The van der Waals surface area contributed by atoms with E-state index in [0.29, 0.717) is 17.5 Å². The van der Waals surface area contributed by atoms with Crippen LogP contribution < -0.4 is 0 Å². The van der Waals surface area contributed by atoms with Gasteiger partial charge in [-0.1, -0.05) is 115 Å². The summed E-state index contributed by atoms with van der Waals surface area (Å²) in [6.07, 6.45) is 1.83. The Morgan fingerprint density at radius 1 is 0.422 bits per heavy atom. The minimum absolute atomic E-state index is 0.622. The first-order chi connectivity index (χ1) is 22.3. The first kappa shape index (κ1) is 25.3. The van der Waals surface area contributed by atoms with Gasteiger partial charge in [0.05, 0.1) is 11.1 Å². The molecule has 0 spiro atoms. The highest BCUT2D eigenvalue weighted by atomic mass is 16.3. The van der Waals surface area contributed by atoms with Crippen molar-refractivity contribution >= 4 is 43.5 Å². The molecular formula is C40H24N4O. The molecular weight excluding hydrogens is 552 g/mol. The molecule has 0 radical (unpaired) electrons. The van der Waals surface area contributed by atoms with Gasteiger partial charge in [-0.05, 0) is 45.8 Å². The molecule has 3 heterocycles. The molecule has 0 fully saturated rings. The monoisotopic (exact) mass is 576 g/mol. The Labute approximate surface area is 258 Å². The summed E-state index contributed by atoms with van der Waals surface area (Å²) >= 11 is 0. The maximum Gasteiger partial charge on any atom is 0.164 e. The number of fused-ring (bicyclic) bond motifs is 5. The fourth-order valence-corrected chi connectivity index (χ4v) is 6.24. The van der Waals surface area contributed by atoms with Gasteiger partial charge in [0.15, 0.2) is 17.5 Å². The molecule has 0 aliphatic rings. The van der Waals surface area contributed by atoms with Crippen LogP contribution in [-0.4, -0.2) is 19.9 Å². The Balaban J connectivity index is 1.28. The lowest BCUT2D eigenvalue weighted by molar-refractivity contribution is 0.669. The van der Waals surface area contributed by atoms with Gasteiger partial charge in [0.25, 0.3) is 0 Å². The van der Waals surface area contributed by atoms with Crippen molar-refractivity contribution in [3.8, 4) is 45.4 Å². The molecule has 0 saturated heterocycles. The second-order valence-electron chi connectivity index (χ2n) is 11.1. The van der Waals surface area contributed by atoms with Gasteiger partial charge in [-0.2, -0.15) is 0 Å². The second kappa shape index (κ2) is 10.2. The molecule has 0 aliphatic heterocycles. The van der Waals surface area contributed by atoms with Gasteiger partial charge in [-0.15, -0.1) is 0 Å². The molecule has 0 unspecified atom stereocenters. The van der Waals surface area contributed by atoms with Crippen LogP contribution in [0.3, 0.4) is 0 Å². The van der Waals surface area contributed by atoms with Gasteiger partial charge in [0, 0.05) is 33.8 Å². The summed E-state index contributed by atoms with van der Waals surface area (Å²) in [6.45, 7) is 0. The normalized spacial score (nSPS) is 11.6. The predicted octanol–water partition coefficient (Wildman–Crippen LogP) is 10.1. The van der Waals surface area contributed by atoms with Crippen LogP contribution in [0.25, 0.3) is 88.9 Å². The van der Waals surface area contributed by atoms with E-state index in [4.69, 9.17) is 24.4 Å². The summed E-state index contributed by atoms with van der Waals surface area (Å²) in [5.41, 5.74) is 6.39. The SMILES string of the molecule is c1ccc(-c2nc(-c3ccccc3)nc(-c3ccc(-c4nccc5oc6cc7ccccc7cc6c45)c4ccccc34)n2)cc1. The number of hydrogen-bond acceptors (Lipinski definition) is 5. The summed E-state index contributed by atoms with van der Waals surface area (Å²) in [7, 11) is 0. The molecule has 5 nitrogen and oxygen atoms in total. The molecule has 9 aromatic rings. The van der Waals surface area contributed by atoms with E-state index < -0.39 is 0 Å². The van der Waals surface area contributed by atoms with Gasteiger partial charge in [-0.25, -0.2) is 15.0 Å². The van der Waals surface area contributed by atoms with Crippen molar-refractivity contribution in [3.63, 3.8) is 0 Å². The molecule has 0 N–H and O–H groups in total. The average molecular weight is 577 g/mol. The third-order valence-corrected chi connectivity index (χ3v) is 8.37. The van der Waals surface area contributed by atoms with Gasteiger partial charge >= 0.3 is 0 Å². The third-order valence-electron chi connectivity index (χ3n) is 8.37. The van der Waals surface area contributed by atoms with E-state index in [1.807, 2.05) is 72.9 Å². The number of hydrogen-bond donors (Lipinski definition) is 0. The smallest absolute Gasteiger partial charge is 0.164 e. The molecule has 0 saturated carbocycles. The lowest BCUT2D eigenvalue weighted by Gasteiger charge is -2.13. The van der Waals surface area contributed by atoms with E-state index in [2.05, 4.69) is 72.8 Å². The van der Waals surface area contributed by atoms with Crippen molar-refractivity contribution < 1.29 is 4.42 Å². The molecule has 0 bridgehead atoms. The Morgan fingerprint density at radius 2 is 0.978 bits per heavy atom. The molecule has 6 aromatic carbocycles. The van der Waals surface area contributed by atoms with E-state index in [-0.39, 0.29) is 0 Å². The van der Waals surface area contributed by atoms with Gasteiger partial charge in [0.2, 0.25) is 0 Å². The number of furan rings is 1. The molecule has 3 aromatic heterocycles. The Bertz CT molecular complexity index is 2480. The summed E-state index contributed by atoms with van der Waals surface area (Å²) < 4.78 is 6.37. The lowest BCUT2D eigenvalue weighted by Crippen LogP contribution is -2.00. The topological polar surface area (TPSA) is 64.7 Å². The van der Waals surface area contributed by atoms with Gasteiger partial charge in [-0.3, -0.25) is 4.98 Å². The number of benzene rings is 6. The van der Waals surface area contributed by atoms with Crippen LogP contribution in [0.2, 0.25) is 0 Å². The maximum atomic E-state index is 6.37. The largest absolute Gasteiger partial charge is 0.456 e. The molecule has 5 heteroatoms. The number of nitrogens with zero attached hydrogens (tertiary/aromatic N) is 4. The molecule has 210 valence electrons. The summed E-state index contributed by atoms with van der Waals surface area (Å²) in [6, 6.07) is 47.4. The molecule has 9 rings (SSSR count). The van der Waals surface area contributed by atoms with Crippen molar-refractivity contribution in [2.45, 2.75) is 0 Å². The van der Waals surface area contributed by atoms with Crippen molar-refractivity contribution in [1.82, 2.24) is 19.9 Å². The van der Waals surface area contributed by atoms with Crippen molar-refractivity contribution in [3.05, 3.63) is 146 Å². The summed E-state index contributed by atoms with van der Waals surface area (Å²) in [4.78, 5) is 19.8. The third kappa shape index (κ3) is 4.25. The minimum atomic E-state index is 0.622. The van der Waals surface area contributed by atoms with E-state index in [0.717, 1.165) is 66.0 Å². The zero-order valence-electron chi connectivity index (χ0n) is 24.1. The van der Waals surface area contributed by atoms with E-state index in [9.17, 15) is 0 Å². The predicted molar refractivity (Wildman–Crippen MR) is 182 cm³/mol. The zero-order chi connectivity index (χ0) is 29.7. The summed E-state index contributed by atoms with van der Waals surface area (Å²) in [5.74, 6) is 1.89. The van der Waals surface area contributed by atoms with Gasteiger partial charge in [0.1, 0.15) is 11.2 Å². The number of aromatic nitrogens is 4. The average Bonchev–Trinajstić information content (AvgIpc) is 3.48. The highest BCUT2D eigenvalue weighted by Gasteiger charge is 2.19. The Kier molecular flexibility index (Phi) is 5.74. The number of pyridine rings is 1. The van der Waals surface area contributed by atoms with Crippen LogP contribution >= 0.6 is 0 Å². The quantitative estimate of drug-likeness (QED) is 0.209. The summed E-state index contributed by atoms with van der Waals surface area (Å²) in [5, 5.41) is 6.48. The van der Waals surface area contributed by atoms with Crippen molar-refractivity contribution in [2.75, 3.05) is 0 Å². The van der Waals surface area contributed by atoms with Crippen LogP contribution in [-0.2, 0) is 0 Å². The fourth-order valence-electron chi connectivity index (χ4n) is 6.24. The Morgan fingerprint density at radius 3 is 1.67 bits per heavy atom. The van der Waals surface area contributed by atoms with Crippen LogP contribution in [0, 0.1) is 0 Å². The number of rotatable bonds is 4. The van der Waals surface area contributed by atoms with Crippen LogP contribution in [0.5, 0.6) is 0 Å². The van der Waals surface area contributed by atoms with E-state index >= 15 is 0 Å². The zero-order valence-corrected chi connectivity index (χ0v) is 24.1. The molecule has 45 heavy (non-hydrogen) atoms. The van der Waals surface area contributed by atoms with Crippen LogP contribution in [0.4, 0.5) is 0 Å². The Hall–Kier alpha value is -6.20. The fraction of sp³-hybridized carbons (Fsp3) is 0. The standard InChI is InChI=1S/C40H24N4O/c1-3-11-25(12-4-1)38-42-39(26-13-5-2-6-14-26)44-40(43-38)32-20-19-31(29-17-9-10-18-30(29)32)37-36-33-23-27-15-7-8-16-28(27)24-35(33)45-34(36)21-22-41-37/h1-24H. The molecule has 0 atom stereocenters. The maximum absolute atomic E-state index is 6.37. The highest BCUT2D eigenvalue weighted by molar-refractivity contribution is 6.17. The van der Waals surface area contributed by atoms with E-state index in [1.165, 1.54) is 5.39 Å². The molecule has 0 aliphatic carbocycles. The lowest BCUT2D eigenvalue weighted by atomic mass is 9.95. The first-order valence-corrected chi connectivity index (χ1v) is 14.9.